The van der Waals surface area contributed by atoms with Gasteiger partial charge in [-0.05, 0) is 25.0 Å². The van der Waals surface area contributed by atoms with Crippen LogP contribution in [0.5, 0.6) is 0 Å². The number of nitrogens with zero attached hydrogens (tertiary/aromatic N) is 3. The number of hydrogen-bond acceptors (Lipinski definition) is 5. The maximum absolute atomic E-state index is 10.9. The van der Waals surface area contributed by atoms with Crippen molar-refractivity contribution in [1.82, 2.24) is 9.97 Å². The second-order valence-corrected chi connectivity index (χ2v) is 5.29. The minimum absolute atomic E-state index is 0.0748. The van der Waals surface area contributed by atoms with Gasteiger partial charge in [0.05, 0.1) is 11.6 Å². The molecule has 0 aromatic carbocycles. The van der Waals surface area contributed by atoms with Gasteiger partial charge in [0, 0.05) is 18.2 Å². The lowest BCUT2D eigenvalue weighted by molar-refractivity contribution is -0.132. The Labute approximate surface area is 115 Å². The maximum Gasteiger partial charge on any atom is 0.354 e. The first-order valence-electron chi connectivity index (χ1n) is 6.07. The van der Waals surface area contributed by atoms with Crippen LogP contribution in [0, 0.1) is 6.92 Å². The summed E-state index contributed by atoms with van der Waals surface area (Å²) >= 11 is 1.61. The summed E-state index contributed by atoms with van der Waals surface area (Å²) in [6.07, 6.45) is 6.07. The summed E-state index contributed by atoms with van der Waals surface area (Å²) in [7, 11) is 0. The van der Waals surface area contributed by atoms with E-state index in [1.54, 1.807) is 30.2 Å². The van der Waals surface area contributed by atoms with E-state index in [-0.39, 0.29) is 11.6 Å². The fraction of sp³-hybridized carbons (Fsp3) is 0.385. The van der Waals surface area contributed by atoms with Crippen LogP contribution in [-0.2, 0) is 4.79 Å². The van der Waals surface area contributed by atoms with Crippen LogP contribution in [0.2, 0.25) is 0 Å². The molecule has 1 aliphatic heterocycles. The van der Waals surface area contributed by atoms with Gasteiger partial charge < -0.3 is 5.11 Å². The first kappa shape index (κ1) is 13.7. The van der Waals surface area contributed by atoms with Crippen molar-refractivity contribution in [3.05, 3.63) is 29.2 Å². The SMILES string of the molecule is CCCSc1ncc(C)c(C2C=NC(C(=O)O)=C2)n1. The first-order chi connectivity index (χ1) is 9.11. The highest BCUT2D eigenvalue weighted by Gasteiger charge is 2.20. The van der Waals surface area contributed by atoms with Crippen LogP contribution in [0.4, 0.5) is 0 Å². The number of aliphatic carboxylic acids is 1. The van der Waals surface area contributed by atoms with Crippen LogP contribution in [0.25, 0.3) is 0 Å². The molecule has 2 heterocycles. The Hall–Kier alpha value is -1.69. The molecular weight excluding hydrogens is 262 g/mol. The third-order valence-electron chi connectivity index (χ3n) is 2.67. The van der Waals surface area contributed by atoms with Crippen LogP contribution >= 0.6 is 11.8 Å². The molecule has 6 heteroatoms. The Morgan fingerprint density at radius 2 is 2.32 bits per heavy atom. The molecule has 1 aliphatic rings. The third kappa shape index (κ3) is 3.20. The predicted molar refractivity (Wildman–Crippen MR) is 74.7 cm³/mol. The second-order valence-electron chi connectivity index (χ2n) is 4.23. The average Bonchev–Trinajstić information content (AvgIpc) is 2.87. The van der Waals surface area contributed by atoms with Crippen LogP contribution in [-0.4, -0.2) is 33.0 Å². The molecular formula is C13H15N3O2S. The van der Waals surface area contributed by atoms with Gasteiger partial charge in [0.1, 0.15) is 5.70 Å². The number of allylic oxidation sites excluding steroid dienone is 1. The normalized spacial score (nSPS) is 17.6. The Kier molecular flexibility index (Phi) is 4.31. The Balaban J connectivity index is 2.25. The second kappa shape index (κ2) is 5.97. The monoisotopic (exact) mass is 277 g/mol. The van der Waals surface area contributed by atoms with E-state index in [9.17, 15) is 4.79 Å². The summed E-state index contributed by atoms with van der Waals surface area (Å²) in [6.45, 7) is 4.03. The van der Waals surface area contributed by atoms with Crippen LogP contribution in [0.1, 0.15) is 30.5 Å². The molecule has 1 N–H and O–H groups in total. The van der Waals surface area contributed by atoms with Crippen molar-refractivity contribution in [2.75, 3.05) is 5.75 Å². The molecule has 0 aliphatic carbocycles. The van der Waals surface area contributed by atoms with Gasteiger partial charge in [-0.25, -0.2) is 14.8 Å². The van der Waals surface area contributed by atoms with Crippen molar-refractivity contribution in [2.24, 2.45) is 4.99 Å². The van der Waals surface area contributed by atoms with E-state index < -0.39 is 5.97 Å². The van der Waals surface area contributed by atoms with Crippen molar-refractivity contribution in [3.63, 3.8) is 0 Å². The van der Waals surface area contributed by atoms with Gasteiger partial charge in [0.15, 0.2) is 5.16 Å². The van der Waals surface area contributed by atoms with E-state index in [2.05, 4.69) is 21.9 Å². The zero-order valence-corrected chi connectivity index (χ0v) is 11.6. The first-order valence-corrected chi connectivity index (χ1v) is 7.06. The van der Waals surface area contributed by atoms with E-state index in [1.165, 1.54) is 0 Å². The number of aliphatic imine (C=N–C) groups is 1. The fourth-order valence-corrected chi connectivity index (χ4v) is 2.41. The Morgan fingerprint density at radius 1 is 1.53 bits per heavy atom. The maximum atomic E-state index is 10.9. The van der Waals surface area contributed by atoms with Gasteiger partial charge in [0.2, 0.25) is 0 Å². The smallest absolute Gasteiger partial charge is 0.354 e. The quantitative estimate of drug-likeness (QED) is 0.660. The molecule has 0 saturated heterocycles. The highest BCUT2D eigenvalue weighted by Crippen LogP contribution is 2.25. The van der Waals surface area contributed by atoms with Crippen LogP contribution in [0.15, 0.2) is 28.1 Å². The molecule has 0 fully saturated rings. The van der Waals surface area contributed by atoms with E-state index >= 15 is 0 Å². The molecule has 0 amide bonds. The highest BCUT2D eigenvalue weighted by molar-refractivity contribution is 7.99. The van der Waals surface area contributed by atoms with Crippen LogP contribution in [0.3, 0.4) is 0 Å². The van der Waals surface area contributed by atoms with E-state index in [0.717, 1.165) is 28.6 Å². The van der Waals surface area contributed by atoms with Crippen molar-refractivity contribution < 1.29 is 9.90 Å². The molecule has 1 unspecified atom stereocenters. The molecule has 19 heavy (non-hydrogen) atoms. The zero-order valence-electron chi connectivity index (χ0n) is 10.8. The summed E-state index contributed by atoms with van der Waals surface area (Å²) < 4.78 is 0. The molecule has 100 valence electrons. The number of carboxylic acids is 1. The third-order valence-corrected chi connectivity index (χ3v) is 3.74. The number of aryl methyl sites for hydroxylation is 1. The summed E-state index contributed by atoms with van der Waals surface area (Å²) in [5, 5.41) is 9.63. The molecule has 1 atom stereocenters. The molecule has 1 aromatic rings. The van der Waals surface area contributed by atoms with E-state index in [0.29, 0.717) is 0 Å². The zero-order chi connectivity index (χ0) is 13.8. The molecule has 5 nitrogen and oxygen atoms in total. The number of rotatable bonds is 5. The predicted octanol–water partition coefficient (Wildman–Crippen LogP) is 2.42. The molecule has 0 spiro atoms. The summed E-state index contributed by atoms with van der Waals surface area (Å²) in [5.74, 6) is -0.210. The van der Waals surface area contributed by atoms with Crippen LogP contribution < -0.4 is 0 Å². The lowest BCUT2D eigenvalue weighted by Gasteiger charge is -2.09. The van der Waals surface area contributed by atoms with Crippen molar-refractivity contribution in [2.45, 2.75) is 31.3 Å². The van der Waals surface area contributed by atoms with Gasteiger partial charge in [0.25, 0.3) is 0 Å². The van der Waals surface area contributed by atoms with Crippen molar-refractivity contribution >= 4 is 23.9 Å². The number of hydrogen-bond donors (Lipinski definition) is 1. The Bertz CT molecular complexity index is 555. The minimum Gasteiger partial charge on any atom is -0.477 e. The van der Waals surface area contributed by atoms with Gasteiger partial charge in [-0.3, -0.25) is 4.99 Å². The summed E-state index contributed by atoms with van der Waals surface area (Å²) in [6, 6.07) is 0. The van der Waals surface area contributed by atoms with Crippen molar-refractivity contribution in [1.29, 1.82) is 0 Å². The largest absolute Gasteiger partial charge is 0.477 e. The highest BCUT2D eigenvalue weighted by atomic mass is 32.2. The lowest BCUT2D eigenvalue weighted by atomic mass is 10.0. The topological polar surface area (TPSA) is 75.4 Å². The molecule has 0 saturated carbocycles. The fourth-order valence-electron chi connectivity index (χ4n) is 1.73. The molecule has 0 bridgehead atoms. The van der Waals surface area contributed by atoms with Crippen molar-refractivity contribution in [3.8, 4) is 0 Å². The minimum atomic E-state index is -1.01. The molecule has 1 aromatic heterocycles. The summed E-state index contributed by atoms with van der Waals surface area (Å²) in [5.41, 5.74) is 1.85. The number of aromatic nitrogens is 2. The van der Waals surface area contributed by atoms with Gasteiger partial charge >= 0.3 is 5.97 Å². The number of carboxylic acid groups (broad SMARTS) is 1. The van der Waals surface area contributed by atoms with E-state index in [1.807, 2.05) is 6.92 Å². The summed E-state index contributed by atoms with van der Waals surface area (Å²) in [4.78, 5) is 23.5. The molecule has 0 radical (unpaired) electrons. The van der Waals surface area contributed by atoms with Gasteiger partial charge in [-0.1, -0.05) is 18.7 Å². The standard InChI is InChI=1S/C13H15N3O2S/c1-3-4-19-13-15-6-8(2)11(16-13)9-5-10(12(17)18)14-7-9/h5-7,9H,3-4H2,1-2H3,(H,17,18). The van der Waals surface area contributed by atoms with E-state index in [4.69, 9.17) is 5.11 Å². The number of thioether (sulfide) groups is 1. The average molecular weight is 277 g/mol. The molecule has 2 rings (SSSR count). The lowest BCUT2D eigenvalue weighted by Crippen LogP contribution is -2.04. The Morgan fingerprint density at radius 3 is 2.95 bits per heavy atom. The number of carbonyl (C=O) groups is 1. The van der Waals surface area contributed by atoms with Gasteiger partial charge in [-0.15, -0.1) is 0 Å². The van der Waals surface area contributed by atoms with Gasteiger partial charge in [-0.2, -0.15) is 0 Å².